The van der Waals surface area contributed by atoms with Crippen LogP contribution in [-0.4, -0.2) is 104 Å². The van der Waals surface area contributed by atoms with Crippen molar-refractivity contribution in [2.45, 2.75) is 20.3 Å². The summed E-state index contributed by atoms with van der Waals surface area (Å²) in [5, 5.41) is 8.37. The first-order valence-electron chi connectivity index (χ1n) is 9.92. The summed E-state index contributed by atoms with van der Waals surface area (Å²) >= 11 is 0. The van der Waals surface area contributed by atoms with Crippen LogP contribution < -0.4 is 0 Å². The van der Waals surface area contributed by atoms with E-state index in [2.05, 4.69) is 13.8 Å². The lowest BCUT2D eigenvalue weighted by molar-refractivity contribution is -0.142. The van der Waals surface area contributed by atoms with Crippen LogP contribution in [0.5, 0.6) is 0 Å². The molecule has 0 aromatic heterocycles. The molecule has 168 valence electrons. The van der Waals surface area contributed by atoms with Gasteiger partial charge in [-0.2, -0.15) is 0 Å². The molecule has 9 nitrogen and oxygen atoms in total. The molecule has 0 rings (SSSR count). The molecule has 0 aliphatic rings. The van der Waals surface area contributed by atoms with E-state index >= 15 is 0 Å². The van der Waals surface area contributed by atoms with Crippen LogP contribution in [0, 0.1) is 5.92 Å². The minimum Gasteiger partial charge on any atom is -0.480 e. The predicted molar refractivity (Wildman–Crippen MR) is 103 cm³/mol. The lowest BCUT2D eigenvalue weighted by Crippen LogP contribution is -2.15. The second kappa shape index (κ2) is 22.5. The monoisotopic (exact) mass is 410 g/mol. The van der Waals surface area contributed by atoms with E-state index in [0.29, 0.717) is 78.6 Å². The summed E-state index contributed by atoms with van der Waals surface area (Å²) in [7, 11) is 0. The molecule has 0 aromatic rings. The molecule has 0 radical (unpaired) electrons. The Balaban J connectivity index is 3.02. The lowest BCUT2D eigenvalue weighted by Gasteiger charge is -2.10. The van der Waals surface area contributed by atoms with Crippen molar-refractivity contribution in [3.8, 4) is 0 Å². The summed E-state index contributed by atoms with van der Waals surface area (Å²) in [5.74, 6) is -0.390. The molecule has 0 fully saturated rings. The summed E-state index contributed by atoms with van der Waals surface area (Å²) in [6, 6.07) is 0. The maximum Gasteiger partial charge on any atom is 0.329 e. The maximum atomic E-state index is 10.2. The van der Waals surface area contributed by atoms with E-state index in [4.69, 9.17) is 38.3 Å². The van der Waals surface area contributed by atoms with Gasteiger partial charge in [0.15, 0.2) is 0 Å². The molecule has 0 aliphatic heterocycles. The van der Waals surface area contributed by atoms with Crippen LogP contribution in [0.15, 0.2) is 0 Å². The minimum absolute atomic E-state index is 0.256. The molecule has 9 heteroatoms. The summed E-state index contributed by atoms with van der Waals surface area (Å²) < 4.78 is 37.1. The topological polar surface area (TPSA) is 102 Å². The number of hydrogen-bond acceptors (Lipinski definition) is 8. The Hall–Kier alpha value is -0.810. The fourth-order valence-corrected chi connectivity index (χ4v) is 1.78. The van der Waals surface area contributed by atoms with E-state index in [1.807, 2.05) is 0 Å². The second-order valence-electron chi connectivity index (χ2n) is 6.10. The van der Waals surface area contributed by atoms with Crippen molar-refractivity contribution in [1.29, 1.82) is 0 Å². The molecule has 1 atom stereocenters. The summed E-state index contributed by atoms with van der Waals surface area (Å²) in [6.45, 7) is 10.6. The van der Waals surface area contributed by atoms with Crippen LogP contribution in [0.25, 0.3) is 0 Å². The number of carboxylic acids is 1. The molecule has 0 saturated heterocycles. The maximum absolute atomic E-state index is 10.2. The zero-order chi connectivity index (χ0) is 20.7. The van der Waals surface area contributed by atoms with Gasteiger partial charge in [0.2, 0.25) is 0 Å². The van der Waals surface area contributed by atoms with E-state index in [0.717, 1.165) is 13.0 Å². The highest BCUT2D eigenvalue weighted by Crippen LogP contribution is 1.99. The minimum atomic E-state index is -0.986. The third kappa shape index (κ3) is 23.2. The SMILES string of the molecule is CCC(C)COCCOCCOCCOCCOCCOCCOCC(=O)O. The van der Waals surface area contributed by atoms with Crippen molar-refractivity contribution in [3.63, 3.8) is 0 Å². The number of ether oxygens (including phenoxy) is 7. The van der Waals surface area contributed by atoms with E-state index in [9.17, 15) is 4.79 Å². The van der Waals surface area contributed by atoms with Gasteiger partial charge in [-0.3, -0.25) is 0 Å². The zero-order valence-corrected chi connectivity index (χ0v) is 17.4. The van der Waals surface area contributed by atoms with E-state index in [1.54, 1.807) is 0 Å². The summed E-state index contributed by atoms with van der Waals surface area (Å²) in [5.41, 5.74) is 0. The van der Waals surface area contributed by atoms with Gasteiger partial charge in [-0.15, -0.1) is 0 Å². The Labute approximate surface area is 168 Å². The third-order valence-corrected chi connectivity index (χ3v) is 3.56. The smallest absolute Gasteiger partial charge is 0.329 e. The first-order valence-corrected chi connectivity index (χ1v) is 9.92. The summed E-state index contributed by atoms with van der Waals surface area (Å²) in [6.07, 6.45) is 1.13. The van der Waals surface area contributed by atoms with Gasteiger partial charge in [-0.1, -0.05) is 20.3 Å². The van der Waals surface area contributed by atoms with Gasteiger partial charge in [0.1, 0.15) is 6.61 Å². The van der Waals surface area contributed by atoms with E-state index in [1.165, 1.54) is 0 Å². The quantitative estimate of drug-likeness (QED) is 0.249. The first-order chi connectivity index (χ1) is 13.7. The molecule has 1 unspecified atom stereocenters. The van der Waals surface area contributed by atoms with Gasteiger partial charge in [-0.25, -0.2) is 4.79 Å². The van der Waals surface area contributed by atoms with Crippen LogP contribution in [0.2, 0.25) is 0 Å². The van der Waals surface area contributed by atoms with Crippen LogP contribution in [-0.2, 0) is 38.0 Å². The highest BCUT2D eigenvalue weighted by molar-refractivity contribution is 5.67. The third-order valence-electron chi connectivity index (χ3n) is 3.56. The Morgan fingerprint density at radius 2 is 0.964 bits per heavy atom. The Bertz CT molecular complexity index is 329. The van der Waals surface area contributed by atoms with Crippen molar-refractivity contribution in [3.05, 3.63) is 0 Å². The summed E-state index contributed by atoms with van der Waals surface area (Å²) in [4.78, 5) is 10.2. The molecule has 28 heavy (non-hydrogen) atoms. The molecule has 1 N–H and O–H groups in total. The number of carbonyl (C=O) groups is 1. The Morgan fingerprint density at radius 1 is 0.643 bits per heavy atom. The van der Waals surface area contributed by atoms with Crippen LogP contribution in [0.1, 0.15) is 20.3 Å². The van der Waals surface area contributed by atoms with Gasteiger partial charge < -0.3 is 38.3 Å². The van der Waals surface area contributed by atoms with Gasteiger partial charge in [0.25, 0.3) is 0 Å². The molecule has 0 aromatic carbocycles. The number of rotatable bonds is 23. The van der Waals surface area contributed by atoms with E-state index < -0.39 is 5.97 Å². The normalized spacial score (nSPS) is 12.4. The van der Waals surface area contributed by atoms with Crippen molar-refractivity contribution in [1.82, 2.24) is 0 Å². The van der Waals surface area contributed by atoms with Crippen LogP contribution in [0.4, 0.5) is 0 Å². The Morgan fingerprint density at radius 3 is 1.29 bits per heavy atom. The van der Waals surface area contributed by atoms with Gasteiger partial charge in [0.05, 0.1) is 79.3 Å². The van der Waals surface area contributed by atoms with Crippen molar-refractivity contribution in [2.75, 3.05) is 92.5 Å². The molecule has 0 amide bonds. The molecule has 0 bridgehead atoms. The average Bonchev–Trinajstić information content (AvgIpc) is 2.68. The second-order valence-corrected chi connectivity index (χ2v) is 6.10. The predicted octanol–water partition coefficient (Wildman–Crippen LogP) is 1.23. The molecule has 0 saturated carbocycles. The van der Waals surface area contributed by atoms with Crippen LogP contribution in [0.3, 0.4) is 0 Å². The first kappa shape index (κ1) is 27.2. The van der Waals surface area contributed by atoms with Gasteiger partial charge in [-0.05, 0) is 5.92 Å². The molecular weight excluding hydrogens is 372 g/mol. The molecule has 0 aliphatic carbocycles. The zero-order valence-electron chi connectivity index (χ0n) is 17.4. The van der Waals surface area contributed by atoms with E-state index in [-0.39, 0.29) is 13.2 Å². The number of hydrogen-bond donors (Lipinski definition) is 1. The van der Waals surface area contributed by atoms with Crippen molar-refractivity contribution in [2.24, 2.45) is 5.92 Å². The van der Waals surface area contributed by atoms with Gasteiger partial charge >= 0.3 is 5.97 Å². The average molecular weight is 411 g/mol. The highest BCUT2D eigenvalue weighted by Gasteiger charge is 1.98. The lowest BCUT2D eigenvalue weighted by atomic mass is 10.1. The molecular formula is C19H38O9. The highest BCUT2D eigenvalue weighted by atomic mass is 16.6. The van der Waals surface area contributed by atoms with Crippen molar-refractivity contribution < 1.29 is 43.1 Å². The number of carboxylic acid groups (broad SMARTS) is 1. The fraction of sp³-hybridized carbons (Fsp3) is 0.947. The standard InChI is InChI=1S/C19H38O9/c1-3-18(2)16-27-14-12-25-10-8-23-6-4-22-5-7-24-9-11-26-13-15-28-17-19(20)21/h18H,3-17H2,1-2H3,(H,20,21). The van der Waals surface area contributed by atoms with Crippen molar-refractivity contribution >= 4 is 5.97 Å². The largest absolute Gasteiger partial charge is 0.480 e. The van der Waals surface area contributed by atoms with Gasteiger partial charge in [0, 0.05) is 6.61 Å². The molecule has 0 spiro atoms. The Kier molecular flexibility index (Phi) is 21.8. The molecule has 0 heterocycles. The van der Waals surface area contributed by atoms with Crippen LogP contribution >= 0.6 is 0 Å². The fourth-order valence-electron chi connectivity index (χ4n) is 1.78. The number of aliphatic carboxylic acids is 1.